The molecule has 4 heteroatoms. The lowest BCUT2D eigenvalue weighted by atomic mass is 10.1. The van der Waals surface area contributed by atoms with Crippen LogP contribution in [-0.4, -0.2) is 21.7 Å². The molecule has 1 unspecified atom stereocenters. The largest absolute Gasteiger partial charge is 0.300 e. The van der Waals surface area contributed by atoms with E-state index in [1.165, 1.54) is 0 Å². The summed E-state index contributed by atoms with van der Waals surface area (Å²) in [7, 11) is 0. The first-order valence-corrected chi connectivity index (χ1v) is 5.66. The van der Waals surface area contributed by atoms with E-state index in [2.05, 4.69) is 17.1 Å². The summed E-state index contributed by atoms with van der Waals surface area (Å²) in [5.74, 6) is 1.22. The van der Waals surface area contributed by atoms with Crippen molar-refractivity contribution in [1.29, 1.82) is 0 Å². The second kappa shape index (κ2) is 5.75. The van der Waals surface area contributed by atoms with E-state index in [9.17, 15) is 4.79 Å². The molecule has 0 N–H and O–H groups in total. The van der Waals surface area contributed by atoms with Crippen LogP contribution >= 0.6 is 11.8 Å². The van der Waals surface area contributed by atoms with Gasteiger partial charge in [-0.05, 0) is 24.3 Å². The van der Waals surface area contributed by atoms with Crippen molar-refractivity contribution in [3.05, 3.63) is 24.0 Å². The maximum absolute atomic E-state index is 11.1. The van der Waals surface area contributed by atoms with Crippen molar-refractivity contribution < 1.29 is 4.79 Å². The van der Waals surface area contributed by atoms with Crippen molar-refractivity contribution in [1.82, 2.24) is 10.2 Å². The zero-order valence-corrected chi connectivity index (χ0v) is 9.25. The maximum Gasteiger partial charge on any atom is 0.131 e. The first kappa shape index (κ1) is 11.2. The van der Waals surface area contributed by atoms with Crippen LogP contribution in [0.2, 0.25) is 0 Å². The van der Waals surface area contributed by atoms with Crippen molar-refractivity contribution in [3.63, 3.8) is 0 Å². The number of aromatic nitrogens is 2. The standard InChI is InChI=1S/C10H14N2OS/c1-3-14-10(6-8(2)13)9-4-5-11-12-7-9/h4-5,7,10H,3,6H2,1-2H3. The summed E-state index contributed by atoms with van der Waals surface area (Å²) >= 11 is 1.77. The number of carbonyl (C=O) groups is 1. The van der Waals surface area contributed by atoms with Crippen LogP contribution in [0.5, 0.6) is 0 Å². The van der Waals surface area contributed by atoms with Crippen LogP contribution in [0.3, 0.4) is 0 Å². The van der Waals surface area contributed by atoms with Gasteiger partial charge in [-0.2, -0.15) is 22.0 Å². The fourth-order valence-electron chi connectivity index (χ4n) is 1.23. The number of nitrogens with zero attached hydrogens (tertiary/aromatic N) is 2. The Kier molecular flexibility index (Phi) is 4.59. The molecule has 0 bridgehead atoms. The molecule has 0 radical (unpaired) electrons. The highest BCUT2D eigenvalue weighted by Crippen LogP contribution is 2.31. The molecule has 14 heavy (non-hydrogen) atoms. The predicted molar refractivity (Wildman–Crippen MR) is 58.2 cm³/mol. The Balaban J connectivity index is 2.72. The number of hydrogen-bond donors (Lipinski definition) is 0. The third-order valence-electron chi connectivity index (χ3n) is 1.82. The Morgan fingerprint density at radius 1 is 1.57 bits per heavy atom. The monoisotopic (exact) mass is 210 g/mol. The van der Waals surface area contributed by atoms with Crippen LogP contribution in [0.1, 0.15) is 31.1 Å². The molecule has 0 saturated heterocycles. The second-order valence-corrected chi connectivity index (χ2v) is 4.51. The maximum atomic E-state index is 11.1. The normalized spacial score (nSPS) is 12.4. The molecule has 1 heterocycles. The van der Waals surface area contributed by atoms with E-state index in [1.54, 1.807) is 31.1 Å². The van der Waals surface area contributed by atoms with Gasteiger partial charge in [-0.15, -0.1) is 0 Å². The molecular formula is C10H14N2OS. The first-order chi connectivity index (χ1) is 6.74. The van der Waals surface area contributed by atoms with Gasteiger partial charge >= 0.3 is 0 Å². The summed E-state index contributed by atoms with van der Waals surface area (Å²) < 4.78 is 0. The number of Topliss-reactive ketones (excluding diaryl/α,β-unsaturated/α-hetero) is 1. The molecule has 0 spiro atoms. The molecular weight excluding hydrogens is 196 g/mol. The third-order valence-corrected chi connectivity index (χ3v) is 2.99. The van der Waals surface area contributed by atoms with Crippen molar-refractivity contribution in [2.45, 2.75) is 25.5 Å². The van der Waals surface area contributed by atoms with Crippen molar-refractivity contribution >= 4 is 17.5 Å². The van der Waals surface area contributed by atoms with Crippen LogP contribution < -0.4 is 0 Å². The fourth-order valence-corrected chi connectivity index (χ4v) is 2.31. The predicted octanol–water partition coefficient (Wildman–Crippen LogP) is 2.25. The fraction of sp³-hybridized carbons (Fsp3) is 0.500. The van der Waals surface area contributed by atoms with Crippen molar-refractivity contribution in [2.24, 2.45) is 0 Å². The van der Waals surface area contributed by atoms with Crippen molar-refractivity contribution in [2.75, 3.05) is 5.75 Å². The van der Waals surface area contributed by atoms with Gasteiger partial charge in [-0.1, -0.05) is 6.92 Å². The van der Waals surface area contributed by atoms with E-state index >= 15 is 0 Å². The van der Waals surface area contributed by atoms with Crippen LogP contribution in [0, 0.1) is 0 Å². The van der Waals surface area contributed by atoms with Gasteiger partial charge in [0.25, 0.3) is 0 Å². The molecule has 0 aliphatic rings. The summed E-state index contributed by atoms with van der Waals surface area (Å²) in [6, 6.07) is 1.92. The highest BCUT2D eigenvalue weighted by Gasteiger charge is 2.13. The molecule has 0 amide bonds. The average Bonchev–Trinajstić information content (AvgIpc) is 2.18. The molecule has 0 saturated carbocycles. The molecule has 1 atom stereocenters. The Morgan fingerprint density at radius 3 is 2.86 bits per heavy atom. The molecule has 3 nitrogen and oxygen atoms in total. The number of carbonyl (C=O) groups excluding carboxylic acids is 1. The van der Waals surface area contributed by atoms with Crippen LogP contribution in [-0.2, 0) is 4.79 Å². The lowest BCUT2D eigenvalue weighted by molar-refractivity contribution is -0.117. The highest BCUT2D eigenvalue weighted by atomic mass is 32.2. The van der Waals surface area contributed by atoms with Gasteiger partial charge in [0.2, 0.25) is 0 Å². The summed E-state index contributed by atoms with van der Waals surface area (Å²) in [6.45, 7) is 3.71. The van der Waals surface area contributed by atoms with Crippen molar-refractivity contribution in [3.8, 4) is 0 Å². The van der Waals surface area contributed by atoms with E-state index in [0.29, 0.717) is 6.42 Å². The van der Waals surface area contributed by atoms with Gasteiger partial charge in [0.15, 0.2) is 0 Å². The molecule has 0 aliphatic carbocycles. The molecule has 0 aromatic carbocycles. The molecule has 1 aromatic heterocycles. The van der Waals surface area contributed by atoms with E-state index in [4.69, 9.17) is 0 Å². The Hall–Kier alpha value is -0.900. The zero-order valence-electron chi connectivity index (χ0n) is 8.43. The minimum Gasteiger partial charge on any atom is -0.300 e. The second-order valence-electron chi connectivity index (χ2n) is 3.03. The minimum atomic E-state index is 0.216. The third kappa shape index (κ3) is 3.46. The van der Waals surface area contributed by atoms with Gasteiger partial charge in [-0.25, -0.2) is 0 Å². The molecule has 76 valence electrons. The van der Waals surface area contributed by atoms with Gasteiger partial charge in [0.1, 0.15) is 5.78 Å². The summed E-state index contributed by atoms with van der Waals surface area (Å²) in [5.41, 5.74) is 1.09. The number of rotatable bonds is 5. The van der Waals surface area contributed by atoms with E-state index < -0.39 is 0 Å². The van der Waals surface area contributed by atoms with Crippen LogP contribution in [0.15, 0.2) is 18.5 Å². The zero-order chi connectivity index (χ0) is 10.4. The van der Waals surface area contributed by atoms with Crippen LogP contribution in [0.25, 0.3) is 0 Å². The smallest absolute Gasteiger partial charge is 0.131 e. The summed E-state index contributed by atoms with van der Waals surface area (Å²) in [5, 5.41) is 7.77. The molecule has 1 aromatic rings. The number of thioether (sulfide) groups is 1. The van der Waals surface area contributed by atoms with E-state index in [1.807, 2.05) is 6.07 Å². The lowest BCUT2D eigenvalue weighted by Crippen LogP contribution is -2.02. The quantitative estimate of drug-likeness (QED) is 0.747. The highest BCUT2D eigenvalue weighted by molar-refractivity contribution is 7.99. The SMILES string of the molecule is CCSC(CC(C)=O)c1ccnnc1. The summed E-state index contributed by atoms with van der Waals surface area (Å²) in [4.78, 5) is 11.1. The Bertz CT molecular complexity index is 289. The summed E-state index contributed by atoms with van der Waals surface area (Å²) in [6.07, 6.45) is 3.97. The number of hydrogen-bond acceptors (Lipinski definition) is 4. The van der Waals surface area contributed by atoms with Crippen LogP contribution in [0.4, 0.5) is 0 Å². The van der Waals surface area contributed by atoms with Gasteiger partial charge in [-0.3, -0.25) is 4.79 Å². The Labute approximate surface area is 88.3 Å². The Morgan fingerprint density at radius 2 is 2.36 bits per heavy atom. The van der Waals surface area contributed by atoms with Gasteiger partial charge in [0, 0.05) is 17.9 Å². The molecule has 0 fully saturated rings. The topological polar surface area (TPSA) is 42.9 Å². The molecule has 0 aliphatic heterocycles. The van der Waals surface area contributed by atoms with E-state index in [-0.39, 0.29) is 11.0 Å². The lowest BCUT2D eigenvalue weighted by Gasteiger charge is -2.13. The average molecular weight is 210 g/mol. The molecule has 1 rings (SSSR count). The number of ketones is 1. The van der Waals surface area contributed by atoms with Gasteiger partial charge in [0.05, 0.1) is 6.20 Å². The minimum absolute atomic E-state index is 0.216. The van der Waals surface area contributed by atoms with Gasteiger partial charge < -0.3 is 0 Å². The van der Waals surface area contributed by atoms with E-state index in [0.717, 1.165) is 11.3 Å². The first-order valence-electron chi connectivity index (χ1n) is 4.61.